The average Bonchev–Trinajstić information content (AvgIpc) is 2.97. The molecule has 2 N–H and O–H groups in total. The Kier molecular flexibility index (Phi) is 9.22. The Morgan fingerprint density at radius 2 is 1.55 bits per heavy atom. The van der Waals surface area contributed by atoms with Gasteiger partial charge in [-0.2, -0.15) is 0 Å². The van der Waals surface area contributed by atoms with E-state index >= 15 is 0 Å². The molecule has 9 heteroatoms. The molecule has 0 aromatic heterocycles. The predicted octanol–water partition coefficient (Wildman–Crippen LogP) is 6.29. The quantitative estimate of drug-likeness (QED) is 0.0786. The summed E-state index contributed by atoms with van der Waals surface area (Å²) in [6.07, 6.45) is 1.63. The van der Waals surface area contributed by atoms with Crippen LogP contribution in [0.1, 0.15) is 31.8 Å². The van der Waals surface area contributed by atoms with Crippen molar-refractivity contribution in [3.05, 3.63) is 141 Å². The molecular weight excluding hydrogens is 526 g/mol. The van der Waals surface area contributed by atoms with Crippen molar-refractivity contribution in [1.82, 2.24) is 5.32 Å². The lowest BCUT2D eigenvalue weighted by atomic mass is 10.1. The average molecular weight is 552 g/mol. The van der Waals surface area contributed by atoms with Crippen LogP contribution >= 0.6 is 11.8 Å². The van der Waals surface area contributed by atoms with Gasteiger partial charge in [-0.15, -0.1) is 11.8 Å². The molecule has 2 amide bonds. The molecule has 0 heterocycles. The van der Waals surface area contributed by atoms with Crippen LogP contribution in [0.4, 0.5) is 11.4 Å². The second kappa shape index (κ2) is 13.2. The first-order chi connectivity index (χ1) is 19.3. The zero-order valence-corrected chi connectivity index (χ0v) is 22.3. The standard InChI is InChI=1S/C31H25N3O5S/c1-21-9-5-6-12-23(21)18-28(33-30(36)22-10-3-2-4-11-22)31(37)32-25-14-8-16-27(19-25)40-20-29(35)24-13-7-15-26(17-24)34(38)39/h2-19H,20H2,1H3,(H,32,37)(H,33,36)/b28-18-. The molecule has 0 aliphatic rings. The molecule has 200 valence electrons. The van der Waals surface area contributed by atoms with Crippen molar-refractivity contribution in [2.75, 3.05) is 11.1 Å². The number of benzene rings is 4. The third-order valence-electron chi connectivity index (χ3n) is 5.86. The molecule has 0 radical (unpaired) electrons. The molecule has 0 aliphatic heterocycles. The number of nitrogens with one attached hydrogen (secondary N) is 2. The number of nitrogens with zero attached hydrogens (tertiary/aromatic N) is 1. The Hall–Kier alpha value is -5.02. The van der Waals surface area contributed by atoms with Crippen LogP contribution in [0.3, 0.4) is 0 Å². The van der Waals surface area contributed by atoms with E-state index in [9.17, 15) is 24.5 Å². The molecule has 0 atom stereocenters. The van der Waals surface area contributed by atoms with E-state index in [0.717, 1.165) is 11.1 Å². The zero-order chi connectivity index (χ0) is 28.5. The fourth-order valence-corrected chi connectivity index (χ4v) is 4.58. The number of non-ortho nitro benzene ring substituents is 1. The molecule has 4 aromatic carbocycles. The van der Waals surface area contributed by atoms with Crippen LogP contribution in [0.15, 0.2) is 114 Å². The number of amides is 2. The Labute approximate surface area is 235 Å². The van der Waals surface area contributed by atoms with Crippen LogP contribution in [0.25, 0.3) is 6.08 Å². The number of thioether (sulfide) groups is 1. The number of carbonyl (C=O) groups excluding carboxylic acids is 3. The van der Waals surface area contributed by atoms with E-state index in [1.54, 1.807) is 66.7 Å². The number of aryl methyl sites for hydroxylation is 1. The van der Waals surface area contributed by atoms with E-state index in [4.69, 9.17) is 0 Å². The van der Waals surface area contributed by atoms with Gasteiger partial charge in [-0.25, -0.2) is 0 Å². The number of rotatable bonds is 10. The monoisotopic (exact) mass is 551 g/mol. The van der Waals surface area contributed by atoms with Crippen LogP contribution < -0.4 is 10.6 Å². The van der Waals surface area contributed by atoms with E-state index in [2.05, 4.69) is 10.6 Å². The van der Waals surface area contributed by atoms with Crippen LogP contribution in [-0.4, -0.2) is 28.3 Å². The lowest BCUT2D eigenvalue weighted by molar-refractivity contribution is -0.384. The third kappa shape index (κ3) is 7.52. The van der Waals surface area contributed by atoms with Gasteiger partial charge in [0.05, 0.1) is 10.7 Å². The van der Waals surface area contributed by atoms with Crippen LogP contribution in [-0.2, 0) is 4.79 Å². The maximum atomic E-state index is 13.3. The van der Waals surface area contributed by atoms with Crippen molar-refractivity contribution in [2.45, 2.75) is 11.8 Å². The minimum atomic E-state index is -0.542. The largest absolute Gasteiger partial charge is 0.321 e. The van der Waals surface area contributed by atoms with Gasteiger partial charge in [-0.3, -0.25) is 24.5 Å². The Balaban J connectivity index is 1.49. The number of ketones is 1. The fraction of sp³-hybridized carbons (Fsp3) is 0.0645. The minimum absolute atomic E-state index is 0.0597. The van der Waals surface area contributed by atoms with Gasteiger partial charge in [0.1, 0.15) is 5.70 Å². The van der Waals surface area contributed by atoms with Gasteiger partial charge in [-0.1, -0.05) is 60.7 Å². The van der Waals surface area contributed by atoms with Crippen molar-refractivity contribution in [3.63, 3.8) is 0 Å². The van der Waals surface area contributed by atoms with Crippen molar-refractivity contribution >= 4 is 46.8 Å². The number of hydrogen-bond acceptors (Lipinski definition) is 6. The number of Topliss-reactive ketones (excluding diaryl/α,β-unsaturated/α-hetero) is 1. The summed E-state index contributed by atoms with van der Waals surface area (Å²) < 4.78 is 0. The Morgan fingerprint density at radius 3 is 2.30 bits per heavy atom. The van der Waals surface area contributed by atoms with Crippen LogP contribution in [0.2, 0.25) is 0 Å². The molecule has 0 saturated carbocycles. The first kappa shape index (κ1) is 28.0. The highest BCUT2D eigenvalue weighted by molar-refractivity contribution is 8.00. The molecule has 8 nitrogen and oxygen atoms in total. The summed E-state index contributed by atoms with van der Waals surface area (Å²) in [5.41, 5.74) is 2.79. The van der Waals surface area contributed by atoms with E-state index in [0.29, 0.717) is 16.1 Å². The SMILES string of the molecule is Cc1ccccc1/C=C(\NC(=O)c1ccccc1)C(=O)Nc1cccc(SCC(=O)c2cccc([N+](=O)[O-])c2)c1. The Bertz CT molecular complexity index is 1600. The highest BCUT2D eigenvalue weighted by atomic mass is 32.2. The topological polar surface area (TPSA) is 118 Å². The molecule has 4 aromatic rings. The van der Waals surface area contributed by atoms with Crippen molar-refractivity contribution < 1.29 is 19.3 Å². The van der Waals surface area contributed by atoms with Crippen molar-refractivity contribution in [3.8, 4) is 0 Å². The summed E-state index contributed by atoms with van der Waals surface area (Å²) in [6.45, 7) is 1.91. The van der Waals surface area contributed by atoms with E-state index < -0.39 is 16.7 Å². The van der Waals surface area contributed by atoms with Crippen LogP contribution in [0.5, 0.6) is 0 Å². The molecule has 0 bridgehead atoms. The summed E-state index contributed by atoms with van der Waals surface area (Å²) in [5, 5.41) is 16.6. The number of carbonyl (C=O) groups is 3. The van der Waals surface area contributed by atoms with Gasteiger partial charge in [0.25, 0.3) is 17.5 Å². The Morgan fingerprint density at radius 1 is 0.850 bits per heavy atom. The van der Waals surface area contributed by atoms with E-state index in [1.807, 2.05) is 31.2 Å². The minimum Gasteiger partial charge on any atom is -0.321 e. The third-order valence-corrected chi connectivity index (χ3v) is 6.85. The lowest BCUT2D eigenvalue weighted by Crippen LogP contribution is -2.30. The number of nitro groups is 1. The molecule has 4 rings (SSSR count). The molecule has 0 saturated heterocycles. The summed E-state index contributed by atoms with van der Waals surface area (Å²) in [7, 11) is 0. The zero-order valence-electron chi connectivity index (χ0n) is 21.5. The smallest absolute Gasteiger partial charge is 0.272 e. The molecule has 0 spiro atoms. The maximum absolute atomic E-state index is 13.3. The predicted molar refractivity (Wildman–Crippen MR) is 156 cm³/mol. The van der Waals surface area contributed by atoms with Gasteiger partial charge in [0.2, 0.25) is 0 Å². The lowest BCUT2D eigenvalue weighted by Gasteiger charge is -2.13. The van der Waals surface area contributed by atoms with Gasteiger partial charge >= 0.3 is 0 Å². The van der Waals surface area contributed by atoms with Gasteiger partial charge in [0.15, 0.2) is 5.78 Å². The molecule has 0 aliphatic carbocycles. The van der Waals surface area contributed by atoms with E-state index in [-0.39, 0.29) is 28.5 Å². The normalized spacial score (nSPS) is 11.0. The number of nitro benzene ring substituents is 1. The first-order valence-electron chi connectivity index (χ1n) is 12.3. The fourth-order valence-electron chi connectivity index (χ4n) is 3.73. The molecular formula is C31H25N3O5S. The van der Waals surface area contributed by atoms with E-state index in [1.165, 1.54) is 30.0 Å². The molecule has 40 heavy (non-hydrogen) atoms. The number of hydrogen-bond donors (Lipinski definition) is 2. The van der Waals surface area contributed by atoms with Gasteiger partial charge < -0.3 is 10.6 Å². The van der Waals surface area contributed by atoms with Gasteiger partial charge in [0, 0.05) is 33.8 Å². The summed E-state index contributed by atoms with van der Waals surface area (Å²) >= 11 is 1.24. The van der Waals surface area contributed by atoms with Gasteiger partial charge in [-0.05, 0) is 54.5 Å². The summed E-state index contributed by atoms with van der Waals surface area (Å²) in [6, 6.07) is 28.7. The highest BCUT2D eigenvalue weighted by Gasteiger charge is 2.16. The summed E-state index contributed by atoms with van der Waals surface area (Å²) in [5.74, 6) is -1.12. The van der Waals surface area contributed by atoms with Crippen molar-refractivity contribution in [1.29, 1.82) is 0 Å². The second-order valence-corrected chi connectivity index (χ2v) is 9.78. The second-order valence-electron chi connectivity index (χ2n) is 8.74. The summed E-state index contributed by atoms with van der Waals surface area (Å²) in [4.78, 5) is 50.0. The highest BCUT2D eigenvalue weighted by Crippen LogP contribution is 2.24. The molecule has 0 unspecified atom stereocenters. The first-order valence-corrected chi connectivity index (χ1v) is 13.2. The van der Waals surface area contributed by atoms with Crippen LogP contribution in [0, 0.1) is 17.0 Å². The molecule has 0 fully saturated rings. The van der Waals surface area contributed by atoms with Crippen molar-refractivity contribution in [2.24, 2.45) is 0 Å². The number of anilines is 1. The maximum Gasteiger partial charge on any atom is 0.272 e.